The Kier molecular flexibility index (Phi) is 6.28. The van der Waals surface area contributed by atoms with Crippen molar-refractivity contribution in [3.63, 3.8) is 0 Å². The van der Waals surface area contributed by atoms with Gasteiger partial charge in [-0.3, -0.25) is 15.0 Å². The number of nitro groups is 1. The molecule has 1 aromatic carbocycles. The van der Waals surface area contributed by atoms with Gasteiger partial charge in [-0.05, 0) is 18.9 Å². The number of hydrogen-bond acceptors (Lipinski definition) is 6. The van der Waals surface area contributed by atoms with Gasteiger partial charge in [0, 0.05) is 25.2 Å². The molecule has 7 heteroatoms. The fourth-order valence-corrected chi connectivity index (χ4v) is 2.88. The molecule has 0 N–H and O–H groups in total. The maximum Gasteiger partial charge on any atom is 0.345 e. The van der Waals surface area contributed by atoms with Gasteiger partial charge in [-0.1, -0.05) is 26.0 Å². The summed E-state index contributed by atoms with van der Waals surface area (Å²) in [6.07, 6.45) is -0.203. The number of benzene rings is 1. The van der Waals surface area contributed by atoms with Gasteiger partial charge in [0.25, 0.3) is 5.69 Å². The van der Waals surface area contributed by atoms with E-state index in [-0.39, 0.29) is 24.0 Å². The second-order valence-electron chi connectivity index (χ2n) is 6.47. The van der Waals surface area contributed by atoms with Gasteiger partial charge in [0.1, 0.15) is 18.3 Å². The molecule has 1 fully saturated rings. The van der Waals surface area contributed by atoms with Crippen molar-refractivity contribution in [2.24, 2.45) is 5.92 Å². The minimum absolute atomic E-state index is 0.0187. The second kappa shape index (κ2) is 8.21. The number of hydrogen-bond donors (Lipinski definition) is 0. The zero-order valence-corrected chi connectivity index (χ0v) is 14.4. The Balaban J connectivity index is 1.96. The van der Waals surface area contributed by atoms with Gasteiger partial charge in [-0.2, -0.15) is 0 Å². The minimum Gasteiger partial charge on any atom is -0.459 e. The fraction of sp³-hybridized carbons (Fsp3) is 0.588. The topological polar surface area (TPSA) is 81.9 Å². The van der Waals surface area contributed by atoms with Crippen LogP contribution in [0.4, 0.5) is 5.69 Å². The van der Waals surface area contributed by atoms with E-state index in [1.807, 2.05) is 0 Å². The van der Waals surface area contributed by atoms with Crippen molar-refractivity contribution in [3.05, 3.63) is 39.4 Å². The van der Waals surface area contributed by atoms with E-state index in [0.29, 0.717) is 24.6 Å². The van der Waals surface area contributed by atoms with Gasteiger partial charge < -0.3 is 9.47 Å². The smallest absolute Gasteiger partial charge is 0.345 e. The maximum atomic E-state index is 12.2. The molecule has 132 valence electrons. The quantitative estimate of drug-likeness (QED) is 0.451. The third-order valence-electron chi connectivity index (χ3n) is 3.89. The number of para-hydroxylation sites is 1. The summed E-state index contributed by atoms with van der Waals surface area (Å²) in [5.74, 6) is -0.128. The van der Waals surface area contributed by atoms with Crippen LogP contribution in [0.2, 0.25) is 0 Å². The summed E-state index contributed by atoms with van der Waals surface area (Å²) in [6.45, 7) is 9.13. The van der Waals surface area contributed by atoms with E-state index in [2.05, 4.69) is 18.7 Å². The number of carbonyl (C=O) groups excluding carboxylic acids is 1. The van der Waals surface area contributed by atoms with Crippen LogP contribution in [0, 0.1) is 23.0 Å². The molecule has 0 bridgehead atoms. The molecule has 0 aromatic heterocycles. The predicted octanol–water partition coefficient (Wildman–Crippen LogP) is 2.42. The van der Waals surface area contributed by atoms with Crippen molar-refractivity contribution in [2.75, 3.05) is 32.8 Å². The summed E-state index contributed by atoms with van der Waals surface area (Å²) in [5, 5.41) is 11.2. The lowest BCUT2D eigenvalue weighted by molar-refractivity contribution is -0.385. The van der Waals surface area contributed by atoms with E-state index < -0.39 is 10.9 Å². The molecule has 0 spiro atoms. The van der Waals surface area contributed by atoms with Crippen molar-refractivity contribution >= 4 is 11.7 Å². The third-order valence-corrected chi connectivity index (χ3v) is 3.89. The number of nitro benzene ring substituents is 1. The zero-order valence-electron chi connectivity index (χ0n) is 14.4. The Hall–Kier alpha value is -1.99. The first-order valence-electron chi connectivity index (χ1n) is 8.13. The van der Waals surface area contributed by atoms with Gasteiger partial charge in [0.05, 0.1) is 11.5 Å². The lowest BCUT2D eigenvalue weighted by atomic mass is 10.1. The standard InChI is InChI=1S/C17H24N2O5/c1-12(2)9-18-7-8-23-14(10-18)11-24-17(20)15-6-4-5-13(3)16(15)19(21)22/h4-6,12,14H,7-11H2,1-3H3. The van der Waals surface area contributed by atoms with Gasteiger partial charge in [-0.25, -0.2) is 4.79 Å². The molecule has 1 unspecified atom stereocenters. The zero-order chi connectivity index (χ0) is 17.7. The van der Waals surface area contributed by atoms with Gasteiger partial charge in [0.15, 0.2) is 0 Å². The average Bonchev–Trinajstić information content (AvgIpc) is 2.51. The first kappa shape index (κ1) is 18.4. The van der Waals surface area contributed by atoms with Crippen LogP contribution in [0.1, 0.15) is 29.8 Å². The van der Waals surface area contributed by atoms with Crippen LogP contribution in [-0.2, 0) is 9.47 Å². The monoisotopic (exact) mass is 336 g/mol. The molecular weight excluding hydrogens is 312 g/mol. The van der Waals surface area contributed by atoms with E-state index in [9.17, 15) is 14.9 Å². The molecule has 1 aliphatic heterocycles. The Morgan fingerprint density at radius 2 is 2.25 bits per heavy atom. The van der Waals surface area contributed by atoms with Gasteiger partial charge in [-0.15, -0.1) is 0 Å². The van der Waals surface area contributed by atoms with E-state index in [1.54, 1.807) is 19.1 Å². The molecule has 1 heterocycles. The van der Waals surface area contributed by atoms with Crippen LogP contribution in [0.15, 0.2) is 18.2 Å². The van der Waals surface area contributed by atoms with Crippen molar-refractivity contribution in [3.8, 4) is 0 Å². The maximum absolute atomic E-state index is 12.2. The van der Waals surface area contributed by atoms with Crippen molar-refractivity contribution < 1.29 is 19.2 Å². The molecule has 2 rings (SSSR count). The highest BCUT2D eigenvalue weighted by atomic mass is 16.6. The van der Waals surface area contributed by atoms with Crippen molar-refractivity contribution in [1.29, 1.82) is 0 Å². The second-order valence-corrected chi connectivity index (χ2v) is 6.47. The van der Waals surface area contributed by atoms with Gasteiger partial charge in [0.2, 0.25) is 0 Å². The number of carbonyl (C=O) groups is 1. The highest BCUT2D eigenvalue weighted by Gasteiger charge is 2.26. The highest BCUT2D eigenvalue weighted by molar-refractivity contribution is 5.94. The molecule has 0 radical (unpaired) electrons. The normalized spacial score (nSPS) is 18.6. The molecular formula is C17H24N2O5. The fourth-order valence-electron chi connectivity index (χ4n) is 2.88. The lowest BCUT2D eigenvalue weighted by Gasteiger charge is -2.33. The van der Waals surface area contributed by atoms with Crippen LogP contribution in [-0.4, -0.2) is 54.7 Å². The van der Waals surface area contributed by atoms with E-state index in [1.165, 1.54) is 6.07 Å². The summed E-state index contributed by atoms with van der Waals surface area (Å²) >= 11 is 0. The minimum atomic E-state index is -0.685. The summed E-state index contributed by atoms with van der Waals surface area (Å²) in [5.41, 5.74) is 0.217. The molecule has 1 aromatic rings. The van der Waals surface area contributed by atoms with E-state index in [4.69, 9.17) is 9.47 Å². The number of ether oxygens (including phenoxy) is 2. The molecule has 0 amide bonds. The Bertz CT molecular complexity index is 603. The summed E-state index contributed by atoms with van der Waals surface area (Å²) in [7, 11) is 0. The summed E-state index contributed by atoms with van der Waals surface area (Å²) < 4.78 is 10.9. The average molecular weight is 336 g/mol. The highest BCUT2D eigenvalue weighted by Crippen LogP contribution is 2.24. The van der Waals surface area contributed by atoms with Gasteiger partial charge >= 0.3 is 5.97 Å². The van der Waals surface area contributed by atoms with Crippen LogP contribution >= 0.6 is 0 Å². The molecule has 1 saturated heterocycles. The number of nitrogens with zero attached hydrogens (tertiary/aromatic N) is 2. The number of morpholine rings is 1. The molecule has 1 atom stereocenters. The van der Waals surface area contributed by atoms with Crippen LogP contribution in [0.5, 0.6) is 0 Å². The largest absolute Gasteiger partial charge is 0.459 e. The molecule has 7 nitrogen and oxygen atoms in total. The molecule has 0 aliphatic carbocycles. The predicted molar refractivity (Wildman–Crippen MR) is 89.1 cm³/mol. The third kappa shape index (κ3) is 4.75. The van der Waals surface area contributed by atoms with Crippen molar-refractivity contribution in [1.82, 2.24) is 4.90 Å². The summed E-state index contributed by atoms with van der Waals surface area (Å²) in [6, 6.07) is 4.63. The van der Waals surface area contributed by atoms with Crippen LogP contribution in [0.25, 0.3) is 0 Å². The molecule has 24 heavy (non-hydrogen) atoms. The summed E-state index contributed by atoms with van der Waals surface area (Å²) in [4.78, 5) is 25.1. The van der Waals surface area contributed by atoms with Crippen LogP contribution in [0.3, 0.4) is 0 Å². The van der Waals surface area contributed by atoms with Crippen LogP contribution < -0.4 is 0 Å². The first-order chi connectivity index (χ1) is 11.4. The van der Waals surface area contributed by atoms with E-state index in [0.717, 1.165) is 13.1 Å². The lowest BCUT2D eigenvalue weighted by Crippen LogP contribution is -2.45. The Morgan fingerprint density at radius 3 is 2.92 bits per heavy atom. The van der Waals surface area contributed by atoms with E-state index >= 15 is 0 Å². The first-order valence-corrected chi connectivity index (χ1v) is 8.13. The number of rotatable bonds is 6. The Labute approximate surface area is 141 Å². The number of aryl methyl sites for hydroxylation is 1. The Morgan fingerprint density at radius 1 is 1.50 bits per heavy atom. The van der Waals surface area contributed by atoms with Crippen molar-refractivity contribution in [2.45, 2.75) is 26.9 Å². The molecule has 1 aliphatic rings. The molecule has 0 saturated carbocycles. The SMILES string of the molecule is Cc1cccc(C(=O)OCC2CN(CC(C)C)CCO2)c1[N+](=O)[O-]. The number of esters is 1.